The van der Waals surface area contributed by atoms with Crippen molar-refractivity contribution in [2.24, 2.45) is 0 Å². The first-order valence-electron chi connectivity index (χ1n) is 12.4. The Kier molecular flexibility index (Phi) is 5.56. The molecule has 7 aromatic rings. The third-order valence-corrected chi connectivity index (χ3v) is 7.63. The summed E-state index contributed by atoms with van der Waals surface area (Å²) in [6, 6.07) is 40.7. The van der Waals surface area contributed by atoms with Gasteiger partial charge in [0, 0.05) is 26.5 Å². The Morgan fingerprint density at radius 1 is 0.526 bits per heavy atom. The second-order valence-corrected chi connectivity index (χ2v) is 9.98. The predicted octanol–water partition coefficient (Wildman–Crippen LogP) is 8.73. The number of rotatable bonds is 4. The molecule has 4 nitrogen and oxygen atoms in total. The average molecular weight is 553 g/mol. The van der Waals surface area contributed by atoms with Gasteiger partial charge in [-0.15, -0.1) is 0 Å². The van der Waals surface area contributed by atoms with Gasteiger partial charge in [0.2, 0.25) is 0 Å². The van der Waals surface area contributed by atoms with Crippen molar-refractivity contribution >= 4 is 37.7 Å². The second-order valence-electron chi connectivity index (χ2n) is 9.12. The second kappa shape index (κ2) is 9.36. The lowest BCUT2D eigenvalue weighted by molar-refractivity contribution is 1.06. The molecule has 0 fully saturated rings. The van der Waals surface area contributed by atoms with Gasteiger partial charge in [-0.2, -0.15) is 0 Å². The van der Waals surface area contributed by atoms with Crippen LogP contribution in [0.3, 0.4) is 0 Å². The van der Waals surface area contributed by atoms with E-state index in [1.807, 2.05) is 12.1 Å². The minimum Gasteiger partial charge on any atom is -0.309 e. The van der Waals surface area contributed by atoms with Crippen molar-refractivity contribution in [3.05, 3.63) is 132 Å². The van der Waals surface area contributed by atoms with Gasteiger partial charge in [0.1, 0.15) is 12.7 Å². The summed E-state index contributed by atoms with van der Waals surface area (Å²) in [6.45, 7) is 0. The molecule has 0 radical (unpaired) electrons. The smallest absolute Gasteiger partial charge is 0.162 e. The topological polar surface area (TPSA) is 43.6 Å². The number of para-hydroxylation sites is 1. The van der Waals surface area contributed by atoms with E-state index in [-0.39, 0.29) is 0 Å². The molecule has 0 aliphatic rings. The zero-order chi connectivity index (χ0) is 25.5. The van der Waals surface area contributed by atoms with Crippen molar-refractivity contribution in [1.29, 1.82) is 0 Å². The first-order chi connectivity index (χ1) is 18.8. The summed E-state index contributed by atoms with van der Waals surface area (Å²) in [6.07, 6.45) is 3.07. The molecule has 0 unspecified atom stereocenters. The molecule has 0 atom stereocenters. The molecule has 0 aliphatic heterocycles. The van der Waals surface area contributed by atoms with Crippen LogP contribution in [0.15, 0.2) is 132 Å². The van der Waals surface area contributed by atoms with Gasteiger partial charge < -0.3 is 4.57 Å². The van der Waals surface area contributed by atoms with Gasteiger partial charge in [0.05, 0.1) is 11.0 Å². The van der Waals surface area contributed by atoms with E-state index in [1.165, 1.54) is 45.7 Å². The minimum atomic E-state index is 0.662. The van der Waals surface area contributed by atoms with Crippen molar-refractivity contribution in [2.75, 3.05) is 0 Å². The van der Waals surface area contributed by atoms with E-state index in [4.69, 9.17) is 0 Å². The zero-order valence-corrected chi connectivity index (χ0v) is 21.9. The quantitative estimate of drug-likeness (QED) is 0.219. The summed E-state index contributed by atoms with van der Waals surface area (Å²) in [7, 11) is 0. The molecular weight excluding hydrogens is 532 g/mol. The third-order valence-electron chi connectivity index (χ3n) is 6.94. The number of hydrogen-bond acceptors (Lipinski definition) is 3. The highest BCUT2D eigenvalue weighted by molar-refractivity contribution is 9.10. The molecular formula is C33H21BrN4. The average Bonchev–Trinajstić information content (AvgIpc) is 3.31. The van der Waals surface area contributed by atoms with Crippen LogP contribution in [0.5, 0.6) is 0 Å². The molecule has 5 aromatic carbocycles. The van der Waals surface area contributed by atoms with Crippen molar-refractivity contribution in [1.82, 2.24) is 19.5 Å². The van der Waals surface area contributed by atoms with Crippen molar-refractivity contribution in [2.45, 2.75) is 0 Å². The maximum absolute atomic E-state index is 4.38. The van der Waals surface area contributed by atoms with Crippen LogP contribution in [-0.4, -0.2) is 19.5 Å². The highest BCUT2D eigenvalue weighted by Crippen LogP contribution is 2.40. The van der Waals surface area contributed by atoms with Gasteiger partial charge in [-0.3, -0.25) is 0 Å². The number of aromatic nitrogens is 4. The van der Waals surface area contributed by atoms with Crippen LogP contribution in [0.25, 0.3) is 61.1 Å². The highest BCUT2D eigenvalue weighted by atomic mass is 79.9. The molecule has 2 aromatic heterocycles. The Morgan fingerprint density at radius 2 is 1.11 bits per heavy atom. The molecule has 180 valence electrons. The molecule has 0 N–H and O–H groups in total. The number of fused-ring (bicyclic) bond motifs is 3. The highest BCUT2D eigenvalue weighted by Gasteiger charge is 2.16. The predicted molar refractivity (Wildman–Crippen MR) is 158 cm³/mol. The van der Waals surface area contributed by atoms with Gasteiger partial charge in [0.15, 0.2) is 5.82 Å². The SMILES string of the molecule is Brc1ccccc1-c1ccccc1-c1ccc2c3ccc(-c4ncncn4)cc3n(-c3ccccc3)c2c1. The lowest BCUT2D eigenvalue weighted by Gasteiger charge is -2.13. The van der Waals surface area contributed by atoms with E-state index in [2.05, 4.69) is 139 Å². The Balaban J connectivity index is 1.50. The van der Waals surface area contributed by atoms with Gasteiger partial charge in [0.25, 0.3) is 0 Å². The number of hydrogen-bond donors (Lipinski definition) is 0. The standard InChI is InChI=1S/C33H21BrN4/c34-30-13-7-6-12-27(30)26-11-5-4-10-25(26)22-14-16-28-29-17-15-23(33-36-20-35-21-37-33)19-32(29)38(31(28)18-22)24-8-2-1-3-9-24/h1-21H. The maximum atomic E-state index is 4.38. The van der Waals surface area contributed by atoms with Crippen LogP contribution >= 0.6 is 15.9 Å². The summed E-state index contributed by atoms with van der Waals surface area (Å²) in [5.74, 6) is 0.662. The van der Waals surface area contributed by atoms with Gasteiger partial charge in [-0.25, -0.2) is 15.0 Å². The van der Waals surface area contributed by atoms with Gasteiger partial charge in [-0.05, 0) is 52.6 Å². The van der Waals surface area contributed by atoms with E-state index in [1.54, 1.807) is 0 Å². The van der Waals surface area contributed by atoms with Crippen molar-refractivity contribution in [3.63, 3.8) is 0 Å². The molecule has 0 saturated carbocycles. The van der Waals surface area contributed by atoms with Crippen LogP contribution in [0, 0.1) is 0 Å². The molecule has 5 heteroatoms. The number of nitrogens with zero attached hydrogens (tertiary/aromatic N) is 4. The van der Waals surface area contributed by atoms with Crippen LogP contribution < -0.4 is 0 Å². The minimum absolute atomic E-state index is 0.662. The zero-order valence-electron chi connectivity index (χ0n) is 20.3. The number of halogens is 1. The van der Waals surface area contributed by atoms with Crippen molar-refractivity contribution in [3.8, 4) is 39.3 Å². The van der Waals surface area contributed by atoms with E-state index in [9.17, 15) is 0 Å². The van der Waals surface area contributed by atoms with Crippen LogP contribution in [0.4, 0.5) is 0 Å². The van der Waals surface area contributed by atoms with Crippen LogP contribution in [0.1, 0.15) is 0 Å². The normalized spacial score (nSPS) is 11.3. The third kappa shape index (κ3) is 3.80. The van der Waals surface area contributed by atoms with E-state index in [0.29, 0.717) is 5.82 Å². The molecule has 38 heavy (non-hydrogen) atoms. The Labute approximate surface area is 228 Å². The molecule has 0 aliphatic carbocycles. The summed E-state index contributed by atoms with van der Waals surface area (Å²) >= 11 is 3.75. The molecule has 0 amide bonds. The molecule has 0 bridgehead atoms. The molecule has 0 saturated heterocycles. The maximum Gasteiger partial charge on any atom is 0.162 e. The first kappa shape index (κ1) is 22.6. The fourth-order valence-corrected chi connectivity index (χ4v) is 5.72. The van der Waals surface area contributed by atoms with Crippen LogP contribution in [0.2, 0.25) is 0 Å². The van der Waals surface area contributed by atoms with E-state index >= 15 is 0 Å². The van der Waals surface area contributed by atoms with Crippen LogP contribution in [-0.2, 0) is 0 Å². The van der Waals surface area contributed by atoms with Crippen molar-refractivity contribution < 1.29 is 0 Å². The number of benzene rings is 5. The lowest BCUT2D eigenvalue weighted by Crippen LogP contribution is -1.95. The lowest BCUT2D eigenvalue weighted by atomic mass is 9.94. The largest absolute Gasteiger partial charge is 0.309 e. The fraction of sp³-hybridized carbons (Fsp3) is 0. The summed E-state index contributed by atoms with van der Waals surface area (Å²) in [5, 5.41) is 2.39. The first-order valence-corrected chi connectivity index (χ1v) is 13.2. The van der Waals surface area contributed by atoms with E-state index in [0.717, 1.165) is 26.8 Å². The summed E-state index contributed by atoms with van der Waals surface area (Å²) in [4.78, 5) is 12.7. The van der Waals surface area contributed by atoms with E-state index < -0.39 is 0 Å². The summed E-state index contributed by atoms with van der Waals surface area (Å²) in [5.41, 5.74) is 9.06. The Bertz CT molecular complexity index is 1930. The Morgan fingerprint density at radius 3 is 1.82 bits per heavy atom. The summed E-state index contributed by atoms with van der Waals surface area (Å²) < 4.78 is 3.41. The van der Waals surface area contributed by atoms with Gasteiger partial charge >= 0.3 is 0 Å². The molecule has 2 heterocycles. The monoisotopic (exact) mass is 552 g/mol. The van der Waals surface area contributed by atoms with Gasteiger partial charge in [-0.1, -0.05) is 101 Å². The molecule has 0 spiro atoms. The molecule has 7 rings (SSSR count). The fourth-order valence-electron chi connectivity index (χ4n) is 5.22. The Hall–Kier alpha value is -4.61.